The highest BCUT2D eigenvalue weighted by Crippen LogP contribution is 2.34. The number of ether oxygens (including phenoxy) is 1. The number of carbonyl (C=O) groups is 1. The van der Waals surface area contributed by atoms with Crippen molar-refractivity contribution in [3.8, 4) is 11.1 Å². The first-order valence-corrected chi connectivity index (χ1v) is 6.93. The van der Waals surface area contributed by atoms with E-state index in [1.54, 1.807) is 0 Å². The third kappa shape index (κ3) is 3.63. The second-order valence-corrected chi connectivity index (χ2v) is 6.01. The molecule has 0 spiro atoms. The van der Waals surface area contributed by atoms with Gasteiger partial charge in [0.05, 0.1) is 0 Å². The summed E-state index contributed by atoms with van der Waals surface area (Å²) in [6.07, 6.45) is -1.26. The minimum atomic E-state index is -1.26. The van der Waals surface area contributed by atoms with Gasteiger partial charge in [0, 0.05) is 0 Å². The quantitative estimate of drug-likeness (QED) is 0.820. The molecule has 0 saturated heterocycles. The Balaban J connectivity index is 2.50. The summed E-state index contributed by atoms with van der Waals surface area (Å²) >= 11 is 0. The molecule has 2 rings (SSSR count). The molecule has 0 bridgehead atoms. The van der Waals surface area contributed by atoms with Crippen molar-refractivity contribution in [1.29, 1.82) is 0 Å². The zero-order valence-corrected chi connectivity index (χ0v) is 12.6. The molecule has 21 heavy (non-hydrogen) atoms. The molecule has 2 aromatic carbocycles. The summed E-state index contributed by atoms with van der Waals surface area (Å²) in [7, 11) is 0. The minimum absolute atomic E-state index is 0.0113. The molecule has 0 aromatic heterocycles. The van der Waals surface area contributed by atoms with Crippen molar-refractivity contribution in [2.45, 2.75) is 32.8 Å². The minimum Gasteiger partial charge on any atom is -0.450 e. The summed E-state index contributed by atoms with van der Waals surface area (Å²) in [5.41, 5.74) is 4.25. The lowest BCUT2D eigenvalue weighted by molar-refractivity contribution is 0.0855. The predicted octanol–water partition coefficient (Wildman–Crippen LogP) is 4.85. The monoisotopic (exact) mass is 284 g/mol. The van der Waals surface area contributed by atoms with Crippen molar-refractivity contribution in [1.82, 2.24) is 0 Å². The maximum Gasteiger partial charge on any atom is 0.506 e. The Morgan fingerprint density at radius 1 is 1.00 bits per heavy atom. The second kappa shape index (κ2) is 6.00. The smallest absolute Gasteiger partial charge is 0.450 e. The Morgan fingerprint density at radius 3 is 2.19 bits per heavy atom. The van der Waals surface area contributed by atoms with Crippen LogP contribution in [-0.2, 0) is 16.8 Å². The third-order valence-electron chi connectivity index (χ3n) is 3.39. The van der Waals surface area contributed by atoms with Crippen molar-refractivity contribution >= 4 is 6.16 Å². The Labute approximate surface area is 125 Å². The van der Waals surface area contributed by atoms with E-state index in [2.05, 4.69) is 32.9 Å². The first-order valence-electron chi connectivity index (χ1n) is 6.93. The molecule has 0 radical (unpaired) electrons. The standard InChI is InChI=1S/C18H20O3/c1-18(2,3)16-11-7-6-10-15(16)14-9-5-4-8-13(14)12-21-17(19)20/h4-11H,12H2,1-3H3,(H,19,20). The molecule has 3 heteroatoms. The molecular weight excluding hydrogens is 264 g/mol. The van der Waals surface area contributed by atoms with Crippen molar-refractivity contribution in [2.24, 2.45) is 0 Å². The lowest BCUT2D eigenvalue weighted by Crippen LogP contribution is -2.13. The number of rotatable bonds is 3. The van der Waals surface area contributed by atoms with Crippen molar-refractivity contribution in [3.05, 3.63) is 59.7 Å². The van der Waals surface area contributed by atoms with E-state index >= 15 is 0 Å². The summed E-state index contributed by atoms with van der Waals surface area (Å²) in [6.45, 7) is 6.57. The van der Waals surface area contributed by atoms with Gasteiger partial charge in [-0.05, 0) is 27.7 Å². The first-order chi connectivity index (χ1) is 9.89. The van der Waals surface area contributed by atoms with Crippen LogP contribution in [-0.4, -0.2) is 11.3 Å². The van der Waals surface area contributed by atoms with Crippen LogP contribution in [0.25, 0.3) is 11.1 Å². The van der Waals surface area contributed by atoms with Crippen LogP contribution in [0.15, 0.2) is 48.5 Å². The third-order valence-corrected chi connectivity index (χ3v) is 3.39. The van der Waals surface area contributed by atoms with E-state index in [1.807, 2.05) is 36.4 Å². The van der Waals surface area contributed by atoms with Crippen LogP contribution in [0.5, 0.6) is 0 Å². The molecule has 0 fully saturated rings. The molecule has 0 aliphatic rings. The van der Waals surface area contributed by atoms with Crippen LogP contribution in [0.3, 0.4) is 0 Å². The van der Waals surface area contributed by atoms with Crippen LogP contribution in [0.4, 0.5) is 4.79 Å². The average Bonchev–Trinajstić information content (AvgIpc) is 2.44. The Kier molecular flexibility index (Phi) is 4.32. The first kappa shape index (κ1) is 15.1. The van der Waals surface area contributed by atoms with Crippen LogP contribution < -0.4 is 0 Å². The number of hydrogen-bond acceptors (Lipinski definition) is 2. The van der Waals surface area contributed by atoms with Crippen LogP contribution in [0.2, 0.25) is 0 Å². The van der Waals surface area contributed by atoms with Crippen LogP contribution >= 0.6 is 0 Å². The van der Waals surface area contributed by atoms with E-state index in [1.165, 1.54) is 5.56 Å². The highest BCUT2D eigenvalue weighted by Gasteiger charge is 2.19. The Morgan fingerprint density at radius 2 is 1.57 bits per heavy atom. The van der Waals surface area contributed by atoms with Gasteiger partial charge in [0.1, 0.15) is 6.61 Å². The largest absolute Gasteiger partial charge is 0.506 e. The summed E-state index contributed by atoms with van der Waals surface area (Å²) < 4.78 is 4.73. The summed E-state index contributed by atoms with van der Waals surface area (Å²) in [5.74, 6) is 0. The molecule has 0 unspecified atom stereocenters. The van der Waals surface area contributed by atoms with E-state index in [0.717, 1.165) is 16.7 Å². The Bertz CT molecular complexity index is 639. The fraction of sp³-hybridized carbons (Fsp3) is 0.278. The van der Waals surface area contributed by atoms with E-state index in [9.17, 15) is 4.79 Å². The second-order valence-electron chi connectivity index (χ2n) is 6.01. The number of hydrogen-bond donors (Lipinski definition) is 1. The highest BCUT2D eigenvalue weighted by atomic mass is 16.7. The van der Waals surface area contributed by atoms with Crippen molar-refractivity contribution < 1.29 is 14.6 Å². The van der Waals surface area contributed by atoms with Crippen LogP contribution in [0.1, 0.15) is 31.9 Å². The van der Waals surface area contributed by atoms with Crippen molar-refractivity contribution in [2.75, 3.05) is 0 Å². The van der Waals surface area contributed by atoms with Gasteiger partial charge < -0.3 is 9.84 Å². The van der Waals surface area contributed by atoms with Gasteiger partial charge >= 0.3 is 6.16 Å². The SMILES string of the molecule is CC(C)(C)c1ccccc1-c1ccccc1COC(=O)O. The molecular formula is C18H20O3. The fourth-order valence-corrected chi connectivity index (χ4v) is 2.42. The molecule has 1 N–H and O–H groups in total. The van der Waals surface area contributed by atoms with Crippen LogP contribution in [0, 0.1) is 0 Å². The molecule has 110 valence electrons. The summed E-state index contributed by atoms with van der Waals surface area (Å²) in [5, 5.41) is 8.70. The Hall–Kier alpha value is -2.29. The maximum atomic E-state index is 10.6. The van der Waals surface area contributed by atoms with Gasteiger partial charge in [0.2, 0.25) is 0 Å². The highest BCUT2D eigenvalue weighted by molar-refractivity contribution is 5.72. The van der Waals surface area contributed by atoms with Gasteiger partial charge in [-0.15, -0.1) is 0 Å². The van der Waals surface area contributed by atoms with Gasteiger partial charge in [-0.25, -0.2) is 4.79 Å². The van der Waals surface area contributed by atoms with E-state index in [4.69, 9.17) is 9.84 Å². The number of benzene rings is 2. The lowest BCUT2D eigenvalue weighted by Gasteiger charge is -2.24. The van der Waals surface area contributed by atoms with Gasteiger partial charge in [-0.3, -0.25) is 0 Å². The zero-order valence-electron chi connectivity index (χ0n) is 12.6. The molecule has 3 nitrogen and oxygen atoms in total. The molecule has 0 atom stereocenters. The summed E-state index contributed by atoms with van der Waals surface area (Å²) in [6, 6.07) is 16.0. The van der Waals surface area contributed by atoms with Gasteiger partial charge in [0.15, 0.2) is 0 Å². The molecule has 0 aliphatic carbocycles. The van der Waals surface area contributed by atoms with E-state index in [0.29, 0.717) is 0 Å². The van der Waals surface area contributed by atoms with E-state index < -0.39 is 6.16 Å². The molecule has 0 aliphatic heterocycles. The summed E-state index contributed by atoms with van der Waals surface area (Å²) in [4.78, 5) is 10.6. The molecule has 2 aromatic rings. The fourth-order valence-electron chi connectivity index (χ4n) is 2.42. The average molecular weight is 284 g/mol. The van der Waals surface area contributed by atoms with Gasteiger partial charge in [-0.1, -0.05) is 69.3 Å². The predicted molar refractivity (Wildman–Crippen MR) is 83.4 cm³/mol. The number of carboxylic acid groups (broad SMARTS) is 1. The molecule has 0 amide bonds. The maximum absolute atomic E-state index is 10.6. The van der Waals surface area contributed by atoms with Crippen molar-refractivity contribution in [3.63, 3.8) is 0 Å². The molecule has 0 heterocycles. The lowest BCUT2D eigenvalue weighted by atomic mass is 9.81. The normalized spacial score (nSPS) is 11.2. The van der Waals surface area contributed by atoms with E-state index in [-0.39, 0.29) is 12.0 Å². The van der Waals surface area contributed by atoms with Gasteiger partial charge in [0.25, 0.3) is 0 Å². The topological polar surface area (TPSA) is 46.5 Å². The molecule has 0 saturated carbocycles. The van der Waals surface area contributed by atoms with Gasteiger partial charge in [-0.2, -0.15) is 0 Å². The zero-order chi connectivity index (χ0) is 15.5.